The average Bonchev–Trinajstić information content (AvgIpc) is 2.22. The van der Waals surface area contributed by atoms with Crippen molar-refractivity contribution in [2.75, 3.05) is 0 Å². The molecule has 2 aromatic rings. The number of aromatic hydroxyl groups is 1. The molecule has 82 valence electrons. The Hall–Kier alpha value is -1.90. The van der Waals surface area contributed by atoms with Crippen molar-refractivity contribution in [1.82, 2.24) is 4.98 Å². The molecular formula is C13H12FNO. The highest BCUT2D eigenvalue weighted by Crippen LogP contribution is 2.24. The molecule has 0 fully saturated rings. The highest BCUT2D eigenvalue weighted by molar-refractivity contribution is 5.61. The Labute approximate surface area is 93.4 Å². The predicted octanol–water partition coefficient (Wildman–Crippen LogP) is 3.21. The summed E-state index contributed by atoms with van der Waals surface area (Å²) in [5.74, 6) is -0.673. The standard InChI is InChI=1S/C13H12FNO/c1-8-3-4-10(5-9(8)2)13-12(14)6-11(16)7-15-13/h3-7,16H,1-2H3. The molecule has 0 spiro atoms. The minimum Gasteiger partial charge on any atom is -0.506 e. The fourth-order valence-electron chi connectivity index (χ4n) is 1.53. The molecule has 0 radical (unpaired) electrons. The molecule has 1 aromatic heterocycles. The molecule has 16 heavy (non-hydrogen) atoms. The summed E-state index contributed by atoms with van der Waals surface area (Å²) in [4.78, 5) is 3.89. The zero-order valence-electron chi connectivity index (χ0n) is 9.16. The van der Waals surface area contributed by atoms with Crippen LogP contribution >= 0.6 is 0 Å². The van der Waals surface area contributed by atoms with E-state index in [1.165, 1.54) is 6.20 Å². The van der Waals surface area contributed by atoms with Crippen molar-refractivity contribution in [1.29, 1.82) is 0 Å². The van der Waals surface area contributed by atoms with E-state index in [4.69, 9.17) is 5.11 Å². The lowest BCUT2D eigenvalue weighted by Crippen LogP contribution is -1.90. The second-order valence-corrected chi connectivity index (χ2v) is 3.82. The van der Waals surface area contributed by atoms with Gasteiger partial charge < -0.3 is 5.11 Å². The van der Waals surface area contributed by atoms with Gasteiger partial charge in [-0.25, -0.2) is 9.37 Å². The summed E-state index contributed by atoms with van der Waals surface area (Å²) in [5.41, 5.74) is 3.23. The molecule has 0 amide bonds. The van der Waals surface area contributed by atoms with Gasteiger partial charge in [-0.15, -0.1) is 0 Å². The van der Waals surface area contributed by atoms with Gasteiger partial charge in [0.05, 0.1) is 6.20 Å². The molecule has 0 aliphatic rings. The minimum absolute atomic E-state index is 0.162. The van der Waals surface area contributed by atoms with Crippen LogP contribution in [0.2, 0.25) is 0 Å². The summed E-state index contributed by atoms with van der Waals surface area (Å²) >= 11 is 0. The van der Waals surface area contributed by atoms with Gasteiger partial charge in [-0.05, 0) is 31.0 Å². The van der Waals surface area contributed by atoms with Gasteiger partial charge in [0.1, 0.15) is 11.4 Å². The van der Waals surface area contributed by atoms with Crippen LogP contribution < -0.4 is 0 Å². The van der Waals surface area contributed by atoms with Crippen LogP contribution in [0, 0.1) is 19.7 Å². The van der Waals surface area contributed by atoms with E-state index in [0.29, 0.717) is 0 Å². The van der Waals surface area contributed by atoms with E-state index >= 15 is 0 Å². The number of hydrogen-bond donors (Lipinski definition) is 1. The maximum Gasteiger partial charge on any atom is 0.153 e. The Balaban J connectivity index is 2.54. The Kier molecular flexibility index (Phi) is 2.60. The van der Waals surface area contributed by atoms with Gasteiger partial charge in [-0.3, -0.25) is 0 Å². The summed E-state index contributed by atoms with van der Waals surface area (Å²) < 4.78 is 13.5. The Morgan fingerprint density at radius 1 is 1.12 bits per heavy atom. The Bertz CT molecular complexity index is 537. The maximum absolute atomic E-state index is 13.5. The van der Waals surface area contributed by atoms with Crippen molar-refractivity contribution in [2.45, 2.75) is 13.8 Å². The molecule has 1 N–H and O–H groups in total. The lowest BCUT2D eigenvalue weighted by atomic mass is 10.0. The van der Waals surface area contributed by atoms with E-state index in [1.807, 2.05) is 32.0 Å². The summed E-state index contributed by atoms with van der Waals surface area (Å²) in [6, 6.07) is 6.71. The predicted molar refractivity (Wildman–Crippen MR) is 60.8 cm³/mol. The molecule has 0 atom stereocenters. The highest BCUT2D eigenvalue weighted by atomic mass is 19.1. The normalized spacial score (nSPS) is 10.4. The van der Waals surface area contributed by atoms with Crippen LogP contribution in [0.4, 0.5) is 4.39 Å². The van der Waals surface area contributed by atoms with Crippen molar-refractivity contribution in [2.24, 2.45) is 0 Å². The molecule has 0 bridgehead atoms. The van der Waals surface area contributed by atoms with E-state index < -0.39 is 5.82 Å². The molecule has 0 saturated heterocycles. The topological polar surface area (TPSA) is 33.1 Å². The first kappa shape index (κ1) is 10.6. The zero-order chi connectivity index (χ0) is 11.7. The number of hydrogen-bond acceptors (Lipinski definition) is 2. The van der Waals surface area contributed by atoms with Gasteiger partial charge in [-0.2, -0.15) is 0 Å². The number of nitrogens with zero attached hydrogens (tertiary/aromatic N) is 1. The van der Waals surface area contributed by atoms with Crippen molar-refractivity contribution in [3.63, 3.8) is 0 Å². The molecule has 0 aliphatic carbocycles. The van der Waals surface area contributed by atoms with Gasteiger partial charge in [-0.1, -0.05) is 12.1 Å². The molecule has 2 rings (SSSR count). The molecule has 0 aliphatic heterocycles. The Morgan fingerprint density at radius 3 is 2.50 bits per heavy atom. The van der Waals surface area contributed by atoms with Crippen molar-refractivity contribution in [3.05, 3.63) is 47.4 Å². The number of halogens is 1. The summed E-state index contributed by atoms with van der Waals surface area (Å²) in [7, 11) is 0. The van der Waals surface area contributed by atoms with Gasteiger partial charge in [0, 0.05) is 11.6 Å². The minimum atomic E-state index is -0.511. The molecule has 0 saturated carbocycles. The van der Waals surface area contributed by atoms with Gasteiger partial charge in [0.15, 0.2) is 5.82 Å². The van der Waals surface area contributed by atoms with Gasteiger partial charge >= 0.3 is 0 Å². The third kappa shape index (κ3) is 1.89. The van der Waals surface area contributed by atoms with Crippen LogP contribution in [-0.4, -0.2) is 10.1 Å². The molecule has 1 aromatic carbocycles. The van der Waals surface area contributed by atoms with Crippen LogP contribution in [-0.2, 0) is 0 Å². The molecule has 1 heterocycles. The van der Waals surface area contributed by atoms with E-state index in [9.17, 15) is 4.39 Å². The molecule has 2 nitrogen and oxygen atoms in total. The third-order valence-corrected chi connectivity index (χ3v) is 2.61. The second-order valence-electron chi connectivity index (χ2n) is 3.82. The van der Waals surface area contributed by atoms with Crippen LogP contribution in [0.3, 0.4) is 0 Å². The first-order valence-corrected chi connectivity index (χ1v) is 5.00. The van der Waals surface area contributed by atoms with E-state index in [2.05, 4.69) is 4.98 Å². The zero-order valence-corrected chi connectivity index (χ0v) is 9.16. The van der Waals surface area contributed by atoms with E-state index in [0.717, 1.165) is 22.8 Å². The monoisotopic (exact) mass is 217 g/mol. The van der Waals surface area contributed by atoms with Crippen molar-refractivity contribution >= 4 is 0 Å². The van der Waals surface area contributed by atoms with Crippen LogP contribution in [0.25, 0.3) is 11.3 Å². The number of pyridine rings is 1. The largest absolute Gasteiger partial charge is 0.506 e. The highest BCUT2D eigenvalue weighted by Gasteiger charge is 2.08. The summed E-state index contributed by atoms with van der Waals surface area (Å²) in [6.45, 7) is 3.97. The average molecular weight is 217 g/mol. The first-order valence-electron chi connectivity index (χ1n) is 5.00. The maximum atomic E-state index is 13.5. The van der Waals surface area contributed by atoms with Gasteiger partial charge in [0.2, 0.25) is 0 Å². The van der Waals surface area contributed by atoms with Crippen LogP contribution in [0.15, 0.2) is 30.5 Å². The molecule has 3 heteroatoms. The number of aryl methyl sites for hydroxylation is 2. The lowest BCUT2D eigenvalue weighted by molar-refractivity contribution is 0.466. The fraction of sp³-hybridized carbons (Fsp3) is 0.154. The number of benzene rings is 1. The number of rotatable bonds is 1. The lowest BCUT2D eigenvalue weighted by Gasteiger charge is -2.06. The SMILES string of the molecule is Cc1ccc(-c2ncc(O)cc2F)cc1C. The van der Waals surface area contributed by atoms with Crippen LogP contribution in [0.1, 0.15) is 11.1 Å². The Morgan fingerprint density at radius 2 is 1.88 bits per heavy atom. The molecule has 0 unspecified atom stereocenters. The van der Waals surface area contributed by atoms with E-state index in [-0.39, 0.29) is 11.4 Å². The van der Waals surface area contributed by atoms with E-state index in [1.54, 1.807) is 0 Å². The summed E-state index contributed by atoms with van der Waals surface area (Å²) in [6.07, 6.45) is 1.24. The van der Waals surface area contributed by atoms with Gasteiger partial charge in [0.25, 0.3) is 0 Å². The smallest absolute Gasteiger partial charge is 0.153 e. The summed E-state index contributed by atoms with van der Waals surface area (Å²) in [5, 5.41) is 9.08. The van der Waals surface area contributed by atoms with Crippen molar-refractivity contribution < 1.29 is 9.50 Å². The van der Waals surface area contributed by atoms with Crippen molar-refractivity contribution in [3.8, 4) is 17.0 Å². The second kappa shape index (κ2) is 3.93. The fourth-order valence-corrected chi connectivity index (χ4v) is 1.53. The third-order valence-electron chi connectivity index (χ3n) is 2.61. The van der Waals surface area contributed by atoms with Crippen LogP contribution in [0.5, 0.6) is 5.75 Å². The first-order chi connectivity index (χ1) is 7.58. The number of aromatic nitrogens is 1. The quantitative estimate of drug-likeness (QED) is 0.795. The molecular weight excluding hydrogens is 205 g/mol.